The molecule has 0 aliphatic heterocycles. The number of carbonyl (C=O) groups is 1. The van der Waals surface area contributed by atoms with Crippen LogP contribution < -0.4 is 16.0 Å². The highest BCUT2D eigenvalue weighted by atomic mass is 32.1. The lowest BCUT2D eigenvalue weighted by molar-refractivity contribution is -0.119. The van der Waals surface area contributed by atoms with Crippen LogP contribution in [-0.2, 0) is 4.79 Å². The highest BCUT2D eigenvalue weighted by Crippen LogP contribution is 2.17. The fourth-order valence-corrected chi connectivity index (χ4v) is 1.73. The summed E-state index contributed by atoms with van der Waals surface area (Å²) in [6.07, 6.45) is 0.882. The third-order valence-corrected chi connectivity index (χ3v) is 2.83. The number of anilines is 1. The first-order chi connectivity index (χ1) is 8.95. The number of nitrogens with two attached hydrogens (primary N) is 1. The Morgan fingerprint density at radius 2 is 2.21 bits per heavy atom. The molecule has 0 bridgehead atoms. The molecule has 19 heavy (non-hydrogen) atoms. The number of thiocarbonyl (C=S) groups is 1. The van der Waals surface area contributed by atoms with Crippen molar-refractivity contribution in [2.45, 2.75) is 13.3 Å². The molecule has 0 atom stereocenters. The van der Waals surface area contributed by atoms with E-state index in [1.165, 1.54) is 12.1 Å². The van der Waals surface area contributed by atoms with Crippen molar-refractivity contribution in [1.82, 2.24) is 5.32 Å². The Hall–Kier alpha value is -1.69. The second kappa shape index (κ2) is 7.04. The first kappa shape index (κ1) is 15.4. The molecule has 0 unspecified atom stereocenters. The highest BCUT2D eigenvalue weighted by molar-refractivity contribution is 7.80. The van der Waals surface area contributed by atoms with Crippen molar-refractivity contribution in [3.05, 3.63) is 29.6 Å². The lowest BCUT2D eigenvalue weighted by Gasteiger charge is -2.19. The van der Waals surface area contributed by atoms with Gasteiger partial charge in [-0.3, -0.25) is 4.79 Å². The van der Waals surface area contributed by atoms with Gasteiger partial charge in [0.05, 0.1) is 6.54 Å². The molecule has 0 aliphatic carbocycles. The molecule has 0 radical (unpaired) electrons. The van der Waals surface area contributed by atoms with Crippen LogP contribution in [0.25, 0.3) is 0 Å². The van der Waals surface area contributed by atoms with E-state index in [1.807, 2.05) is 6.92 Å². The Morgan fingerprint density at radius 3 is 2.74 bits per heavy atom. The third-order valence-electron chi connectivity index (χ3n) is 2.61. The summed E-state index contributed by atoms with van der Waals surface area (Å²) in [5.74, 6) is -0.575. The van der Waals surface area contributed by atoms with Crippen molar-refractivity contribution < 1.29 is 9.18 Å². The van der Waals surface area contributed by atoms with Gasteiger partial charge in [0, 0.05) is 24.8 Å². The van der Waals surface area contributed by atoms with Gasteiger partial charge in [-0.1, -0.05) is 19.1 Å². The fourth-order valence-electron chi connectivity index (χ4n) is 1.57. The van der Waals surface area contributed by atoms with Crippen LogP contribution in [0.15, 0.2) is 18.2 Å². The molecule has 1 aromatic carbocycles. The number of halogens is 1. The van der Waals surface area contributed by atoms with Crippen LogP contribution in [0.3, 0.4) is 0 Å². The largest absolute Gasteiger partial charge is 0.389 e. The minimum absolute atomic E-state index is 0.0207. The van der Waals surface area contributed by atoms with Crippen molar-refractivity contribution in [1.29, 1.82) is 0 Å². The van der Waals surface area contributed by atoms with Crippen molar-refractivity contribution >= 4 is 28.8 Å². The normalized spacial score (nSPS) is 10.1. The van der Waals surface area contributed by atoms with Gasteiger partial charge in [0.25, 0.3) is 0 Å². The summed E-state index contributed by atoms with van der Waals surface area (Å²) in [5, 5.41) is 2.76. The maximum absolute atomic E-state index is 13.7. The number of hydrogen-bond acceptors (Lipinski definition) is 3. The van der Waals surface area contributed by atoms with Crippen LogP contribution in [0.5, 0.6) is 0 Å². The van der Waals surface area contributed by atoms with Crippen molar-refractivity contribution in [2.24, 2.45) is 5.73 Å². The molecule has 0 aromatic heterocycles. The number of amides is 1. The van der Waals surface area contributed by atoms with Crippen LogP contribution >= 0.6 is 12.2 Å². The first-order valence-electron chi connectivity index (χ1n) is 6.03. The van der Waals surface area contributed by atoms with E-state index in [9.17, 15) is 9.18 Å². The summed E-state index contributed by atoms with van der Waals surface area (Å²) >= 11 is 4.74. The maximum Gasteiger partial charge on any atom is 0.239 e. The molecule has 104 valence electrons. The van der Waals surface area contributed by atoms with Crippen LogP contribution in [-0.4, -0.2) is 31.0 Å². The summed E-state index contributed by atoms with van der Waals surface area (Å²) in [6.45, 7) is 2.79. The second-order valence-electron chi connectivity index (χ2n) is 4.23. The number of hydrogen-bond donors (Lipinski definition) is 2. The van der Waals surface area contributed by atoms with Crippen LogP contribution in [0, 0.1) is 5.82 Å². The maximum atomic E-state index is 13.7. The van der Waals surface area contributed by atoms with Crippen LogP contribution in [0.1, 0.15) is 18.9 Å². The zero-order chi connectivity index (χ0) is 14.4. The van der Waals surface area contributed by atoms with Crippen molar-refractivity contribution in [3.63, 3.8) is 0 Å². The predicted octanol–water partition coefficient (Wildman–Crippen LogP) is 1.42. The quantitative estimate of drug-likeness (QED) is 0.775. The molecule has 0 fully saturated rings. The molecular weight excluding hydrogens is 265 g/mol. The molecule has 4 nitrogen and oxygen atoms in total. The fraction of sp³-hybridized carbons (Fsp3) is 0.385. The van der Waals surface area contributed by atoms with E-state index in [0.29, 0.717) is 12.2 Å². The summed E-state index contributed by atoms with van der Waals surface area (Å²) in [7, 11) is 1.72. The van der Waals surface area contributed by atoms with Gasteiger partial charge in [-0.2, -0.15) is 0 Å². The van der Waals surface area contributed by atoms with Gasteiger partial charge >= 0.3 is 0 Å². The number of rotatable bonds is 6. The Bertz CT molecular complexity index is 479. The van der Waals surface area contributed by atoms with Gasteiger partial charge in [-0.05, 0) is 24.6 Å². The zero-order valence-corrected chi connectivity index (χ0v) is 11.9. The van der Waals surface area contributed by atoms with Gasteiger partial charge < -0.3 is 16.0 Å². The number of likely N-dealkylation sites (N-methyl/N-ethyl adjacent to an activating group) is 1. The number of nitrogens with zero attached hydrogens (tertiary/aromatic N) is 1. The summed E-state index contributed by atoms with van der Waals surface area (Å²) in [6, 6.07) is 4.53. The first-order valence-corrected chi connectivity index (χ1v) is 6.43. The van der Waals surface area contributed by atoms with Crippen LogP contribution in [0.2, 0.25) is 0 Å². The Balaban J connectivity index is 2.72. The summed E-state index contributed by atoms with van der Waals surface area (Å²) < 4.78 is 13.7. The molecule has 0 heterocycles. The van der Waals surface area contributed by atoms with E-state index in [2.05, 4.69) is 5.32 Å². The van der Waals surface area contributed by atoms with Gasteiger partial charge in [0.1, 0.15) is 10.8 Å². The molecular formula is C13H18FN3OS. The number of nitrogens with one attached hydrogen (secondary N) is 1. The minimum atomic E-state index is -0.481. The summed E-state index contributed by atoms with van der Waals surface area (Å²) in [4.78, 5) is 13.2. The minimum Gasteiger partial charge on any atom is -0.389 e. The Labute approximate surface area is 117 Å². The third kappa shape index (κ3) is 4.48. The smallest absolute Gasteiger partial charge is 0.239 e. The predicted molar refractivity (Wildman–Crippen MR) is 78.9 cm³/mol. The van der Waals surface area contributed by atoms with Crippen molar-refractivity contribution in [3.8, 4) is 0 Å². The molecule has 0 spiro atoms. The van der Waals surface area contributed by atoms with Crippen LogP contribution in [0.4, 0.5) is 10.1 Å². The second-order valence-corrected chi connectivity index (χ2v) is 4.67. The lowest BCUT2D eigenvalue weighted by Crippen LogP contribution is -2.35. The standard InChI is InChI=1S/C13H18FN3OS/c1-3-6-16-12(18)8-17(2)9-4-5-10(13(15)19)11(14)7-9/h4-5,7H,3,6,8H2,1-2H3,(H2,15,19)(H,16,18). The Kier molecular flexibility index (Phi) is 5.69. The van der Waals surface area contributed by atoms with E-state index in [-0.39, 0.29) is 23.0 Å². The molecule has 1 aromatic rings. The molecule has 0 aliphatic rings. The Morgan fingerprint density at radius 1 is 1.53 bits per heavy atom. The average molecular weight is 283 g/mol. The van der Waals surface area contributed by atoms with Gasteiger partial charge in [-0.25, -0.2) is 4.39 Å². The molecule has 6 heteroatoms. The summed E-state index contributed by atoms with van der Waals surface area (Å²) in [5.41, 5.74) is 6.20. The molecule has 3 N–H and O–H groups in total. The zero-order valence-electron chi connectivity index (χ0n) is 11.1. The van der Waals surface area contributed by atoms with Crippen molar-refractivity contribution in [2.75, 3.05) is 25.0 Å². The molecule has 0 saturated carbocycles. The van der Waals surface area contributed by atoms with Gasteiger partial charge in [0.15, 0.2) is 0 Å². The number of carbonyl (C=O) groups excluding carboxylic acids is 1. The van der Waals surface area contributed by atoms with E-state index in [0.717, 1.165) is 6.42 Å². The SMILES string of the molecule is CCCNC(=O)CN(C)c1ccc(C(N)=S)c(F)c1. The average Bonchev–Trinajstić information content (AvgIpc) is 2.35. The molecule has 0 saturated heterocycles. The number of benzene rings is 1. The van der Waals surface area contributed by atoms with Gasteiger partial charge in [-0.15, -0.1) is 0 Å². The van der Waals surface area contributed by atoms with E-state index >= 15 is 0 Å². The van der Waals surface area contributed by atoms with E-state index in [4.69, 9.17) is 18.0 Å². The highest BCUT2D eigenvalue weighted by Gasteiger charge is 2.10. The molecule has 1 amide bonds. The monoisotopic (exact) mass is 283 g/mol. The lowest BCUT2D eigenvalue weighted by atomic mass is 10.2. The molecule has 1 rings (SSSR count). The topological polar surface area (TPSA) is 58.4 Å². The van der Waals surface area contributed by atoms with Gasteiger partial charge in [0.2, 0.25) is 5.91 Å². The van der Waals surface area contributed by atoms with E-state index in [1.54, 1.807) is 18.0 Å². The van der Waals surface area contributed by atoms with E-state index < -0.39 is 5.82 Å².